The summed E-state index contributed by atoms with van der Waals surface area (Å²) in [7, 11) is 0. The Hall–Kier alpha value is -1.59. The summed E-state index contributed by atoms with van der Waals surface area (Å²) in [4.78, 5) is 13.3. The first kappa shape index (κ1) is 14.8. The highest BCUT2D eigenvalue weighted by Gasteiger charge is 2.21. The number of aliphatic hydroxyl groups is 1. The standard InChI is InChI=1S/C15H21NO4/c17-11-12-5-3-4-8-16(12)9-10-20-14-7-2-1-6-13(14)15(18)19/h1-2,6-7,12,17H,3-5,8-11H2,(H,18,19). The van der Waals surface area contributed by atoms with E-state index in [0.29, 0.717) is 18.9 Å². The van der Waals surface area contributed by atoms with Crippen LogP contribution in [0.3, 0.4) is 0 Å². The summed E-state index contributed by atoms with van der Waals surface area (Å²) in [5.74, 6) is -0.579. The van der Waals surface area contributed by atoms with Gasteiger partial charge < -0.3 is 14.9 Å². The lowest BCUT2D eigenvalue weighted by atomic mass is 10.0. The maximum atomic E-state index is 11.1. The highest BCUT2D eigenvalue weighted by Crippen LogP contribution is 2.19. The average Bonchev–Trinajstić information content (AvgIpc) is 2.48. The van der Waals surface area contributed by atoms with Crippen molar-refractivity contribution in [1.29, 1.82) is 0 Å². The smallest absolute Gasteiger partial charge is 0.339 e. The number of para-hydroxylation sites is 1. The molecule has 1 aromatic carbocycles. The van der Waals surface area contributed by atoms with Crippen molar-refractivity contribution >= 4 is 5.97 Å². The minimum atomic E-state index is -0.980. The minimum absolute atomic E-state index is 0.172. The Morgan fingerprint density at radius 3 is 2.90 bits per heavy atom. The molecule has 5 nitrogen and oxygen atoms in total. The summed E-state index contributed by atoms with van der Waals surface area (Å²) in [5.41, 5.74) is 0.185. The Morgan fingerprint density at radius 1 is 1.35 bits per heavy atom. The Labute approximate surface area is 118 Å². The van der Waals surface area contributed by atoms with Gasteiger partial charge in [-0.1, -0.05) is 18.6 Å². The average molecular weight is 279 g/mol. The van der Waals surface area contributed by atoms with Gasteiger partial charge in [-0.25, -0.2) is 4.79 Å². The number of hydrogen-bond acceptors (Lipinski definition) is 4. The third kappa shape index (κ3) is 3.71. The molecule has 0 aromatic heterocycles. The van der Waals surface area contributed by atoms with E-state index in [1.807, 2.05) is 0 Å². The molecule has 1 aromatic rings. The molecule has 20 heavy (non-hydrogen) atoms. The molecule has 0 aliphatic carbocycles. The van der Waals surface area contributed by atoms with Crippen molar-refractivity contribution in [2.24, 2.45) is 0 Å². The fourth-order valence-electron chi connectivity index (χ4n) is 2.60. The number of piperidine rings is 1. The normalized spacial score (nSPS) is 19.8. The molecule has 1 aliphatic heterocycles. The molecule has 2 rings (SSSR count). The van der Waals surface area contributed by atoms with E-state index in [-0.39, 0.29) is 18.2 Å². The zero-order valence-corrected chi connectivity index (χ0v) is 11.5. The number of aromatic carboxylic acids is 1. The van der Waals surface area contributed by atoms with Crippen LogP contribution in [0, 0.1) is 0 Å². The van der Waals surface area contributed by atoms with Crippen LogP contribution >= 0.6 is 0 Å². The van der Waals surface area contributed by atoms with E-state index in [0.717, 1.165) is 25.8 Å². The van der Waals surface area contributed by atoms with Crippen LogP contribution in [0.4, 0.5) is 0 Å². The number of carboxylic acid groups (broad SMARTS) is 1. The summed E-state index contributed by atoms with van der Waals surface area (Å²) < 4.78 is 5.59. The number of rotatable bonds is 6. The lowest BCUT2D eigenvalue weighted by Gasteiger charge is -2.34. The SMILES string of the molecule is O=C(O)c1ccccc1OCCN1CCCCC1CO. The lowest BCUT2D eigenvalue weighted by molar-refractivity contribution is 0.0682. The zero-order valence-electron chi connectivity index (χ0n) is 11.5. The Kier molecular flexibility index (Phi) is 5.38. The molecule has 1 unspecified atom stereocenters. The van der Waals surface area contributed by atoms with Gasteiger partial charge in [0.2, 0.25) is 0 Å². The van der Waals surface area contributed by atoms with E-state index < -0.39 is 5.97 Å². The number of aliphatic hydroxyl groups excluding tert-OH is 1. The van der Waals surface area contributed by atoms with Crippen molar-refractivity contribution < 1.29 is 19.7 Å². The van der Waals surface area contributed by atoms with Crippen LogP contribution in [0.1, 0.15) is 29.6 Å². The number of likely N-dealkylation sites (tertiary alicyclic amines) is 1. The van der Waals surface area contributed by atoms with Crippen molar-refractivity contribution in [2.45, 2.75) is 25.3 Å². The van der Waals surface area contributed by atoms with Gasteiger partial charge in [0.15, 0.2) is 0 Å². The fraction of sp³-hybridized carbons (Fsp3) is 0.533. The van der Waals surface area contributed by atoms with Crippen LogP contribution in [0.5, 0.6) is 5.75 Å². The maximum absolute atomic E-state index is 11.1. The molecule has 1 fully saturated rings. The molecule has 0 spiro atoms. The van der Waals surface area contributed by atoms with Crippen molar-refractivity contribution in [3.05, 3.63) is 29.8 Å². The summed E-state index contributed by atoms with van der Waals surface area (Å²) in [6.07, 6.45) is 3.31. The van der Waals surface area contributed by atoms with Crippen molar-refractivity contribution in [2.75, 3.05) is 26.3 Å². The van der Waals surface area contributed by atoms with Crippen LogP contribution in [0.2, 0.25) is 0 Å². The molecule has 2 N–H and O–H groups in total. The van der Waals surface area contributed by atoms with Crippen LogP contribution in [-0.2, 0) is 0 Å². The van der Waals surface area contributed by atoms with Crippen LogP contribution < -0.4 is 4.74 Å². The Balaban J connectivity index is 1.88. The van der Waals surface area contributed by atoms with E-state index in [2.05, 4.69) is 4.90 Å². The Morgan fingerprint density at radius 2 is 2.15 bits per heavy atom. The summed E-state index contributed by atoms with van der Waals surface area (Å²) in [5, 5.41) is 18.4. The van der Waals surface area contributed by atoms with Gasteiger partial charge in [-0.05, 0) is 31.5 Å². The molecular weight excluding hydrogens is 258 g/mol. The second kappa shape index (κ2) is 7.26. The highest BCUT2D eigenvalue weighted by atomic mass is 16.5. The molecule has 1 saturated heterocycles. The van der Waals surface area contributed by atoms with Gasteiger partial charge in [-0.15, -0.1) is 0 Å². The first-order valence-electron chi connectivity index (χ1n) is 7.02. The van der Waals surface area contributed by atoms with E-state index in [4.69, 9.17) is 9.84 Å². The second-order valence-electron chi connectivity index (χ2n) is 5.02. The largest absolute Gasteiger partial charge is 0.491 e. The second-order valence-corrected chi connectivity index (χ2v) is 5.02. The van der Waals surface area contributed by atoms with E-state index in [1.165, 1.54) is 6.07 Å². The van der Waals surface area contributed by atoms with E-state index in [9.17, 15) is 9.90 Å². The first-order chi connectivity index (χ1) is 9.72. The number of hydrogen-bond donors (Lipinski definition) is 2. The molecule has 1 atom stereocenters. The number of carbonyl (C=O) groups is 1. The van der Waals surface area contributed by atoms with Gasteiger partial charge in [-0.2, -0.15) is 0 Å². The molecular formula is C15H21NO4. The molecule has 110 valence electrons. The summed E-state index contributed by atoms with van der Waals surface area (Å²) in [6.45, 7) is 2.28. The van der Waals surface area contributed by atoms with Gasteiger partial charge in [0.1, 0.15) is 17.9 Å². The molecule has 1 heterocycles. The zero-order chi connectivity index (χ0) is 14.4. The predicted octanol–water partition coefficient (Wildman–Crippen LogP) is 1.61. The minimum Gasteiger partial charge on any atom is -0.491 e. The van der Waals surface area contributed by atoms with Crippen LogP contribution in [0.15, 0.2) is 24.3 Å². The van der Waals surface area contributed by atoms with Crippen molar-refractivity contribution in [1.82, 2.24) is 4.90 Å². The molecule has 0 radical (unpaired) electrons. The van der Waals surface area contributed by atoms with Crippen LogP contribution in [-0.4, -0.2) is 53.4 Å². The van der Waals surface area contributed by atoms with E-state index >= 15 is 0 Å². The predicted molar refractivity (Wildman–Crippen MR) is 75.2 cm³/mol. The molecule has 1 aliphatic rings. The van der Waals surface area contributed by atoms with Gasteiger partial charge >= 0.3 is 5.97 Å². The fourth-order valence-corrected chi connectivity index (χ4v) is 2.60. The summed E-state index contributed by atoms with van der Waals surface area (Å²) >= 11 is 0. The van der Waals surface area contributed by atoms with Gasteiger partial charge in [0.05, 0.1) is 6.61 Å². The highest BCUT2D eigenvalue weighted by molar-refractivity contribution is 5.90. The van der Waals surface area contributed by atoms with Crippen molar-refractivity contribution in [3.63, 3.8) is 0 Å². The van der Waals surface area contributed by atoms with Crippen LogP contribution in [0.25, 0.3) is 0 Å². The monoisotopic (exact) mass is 279 g/mol. The third-order valence-corrected chi connectivity index (χ3v) is 3.71. The molecule has 5 heteroatoms. The molecule has 0 saturated carbocycles. The third-order valence-electron chi connectivity index (χ3n) is 3.71. The topological polar surface area (TPSA) is 70.0 Å². The maximum Gasteiger partial charge on any atom is 0.339 e. The number of nitrogens with zero attached hydrogens (tertiary/aromatic N) is 1. The molecule has 0 bridgehead atoms. The number of ether oxygens (including phenoxy) is 1. The van der Waals surface area contributed by atoms with Crippen molar-refractivity contribution in [3.8, 4) is 5.75 Å². The lowest BCUT2D eigenvalue weighted by Crippen LogP contribution is -2.43. The number of benzene rings is 1. The van der Waals surface area contributed by atoms with Gasteiger partial charge in [-0.3, -0.25) is 4.90 Å². The Bertz CT molecular complexity index is 449. The number of carboxylic acids is 1. The van der Waals surface area contributed by atoms with E-state index in [1.54, 1.807) is 18.2 Å². The summed E-state index contributed by atoms with van der Waals surface area (Å²) in [6, 6.07) is 6.86. The van der Waals surface area contributed by atoms with Gasteiger partial charge in [0, 0.05) is 12.6 Å². The molecule has 0 amide bonds. The van der Waals surface area contributed by atoms with Gasteiger partial charge in [0.25, 0.3) is 0 Å². The first-order valence-corrected chi connectivity index (χ1v) is 7.02. The quantitative estimate of drug-likeness (QED) is 0.828.